The van der Waals surface area contributed by atoms with Crippen molar-refractivity contribution in [3.05, 3.63) is 64.7 Å². The van der Waals surface area contributed by atoms with E-state index in [9.17, 15) is 14.4 Å². The molecule has 0 bridgehead atoms. The number of para-hydroxylation sites is 1. The summed E-state index contributed by atoms with van der Waals surface area (Å²) < 4.78 is 9.82. The SMILES string of the molecule is COCCNC(=O)COC(=O)c1ccccc1NC(=O)c1ccc(Cl)cc1. The van der Waals surface area contributed by atoms with Crippen LogP contribution in [0.1, 0.15) is 20.7 Å². The van der Waals surface area contributed by atoms with Crippen molar-refractivity contribution in [2.45, 2.75) is 0 Å². The molecule has 0 unspecified atom stereocenters. The molecule has 0 aliphatic rings. The van der Waals surface area contributed by atoms with Gasteiger partial charge in [0, 0.05) is 24.2 Å². The van der Waals surface area contributed by atoms with Crippen molar-refractivity contribution >= 4 is 35.1 Å². The number of carbonyl (C=O) groups excluding carboxylic acids is 3. The molecule has 0 aliphatic carbocycles. The number of benzene rings is 2. The van der Waals surface area contributed by atoms with Gasteiger partial charge >= 0.3 is 5.97 Å². The number of hydrogen-bond acceptors (Lipinski definition) is 5. The molecule has 0 aliphatic heterocycles. The number of hydrogen-bond donors (Lipinski definition) is 2. The largest absolute Gasteiger partial charge is 0.452 e. The van der Waals surface area contributed by atoms with E-state index in [-0.39, 0.29) is 11.3 Å². The number of carbonyl (C=O) groups is 3. The second-order valence-corrected chi connectivity index (χ2v) is 5.86. The van der Waals surface area contributed by atoms with Crippen molar-refractivity contribution in [3.63, 3.8) is 0 Å². The Labute approximate surface area is 161 Å². The molecule has 2 N–H and O–H groups in total. The zero-order valence-corrected chi connectivity index (χ0v) is 15.4. The number of esters is 1. The van der Waals surface area contributed by atoms with Gasteiger partial charge in [-0.05, 0) is 36.4 Å². The Balaban J connectivity index is 1.99. The Hall–Kier alpha value is -2.90. The van der Waals surface area contributed by atoms with Crippen molar-refractivity contribution < 1.29 is 23.9 Å². The number of ether oxygens (including phenoxy) is 2. The first-order valence-corrected chi connectivity index (χ1v) is 8.47. The molecule has 0 saturated carbocycles. The first kappa shape index (κ1) is 20.4. The van der Waals surface area contributed by atoms with E-state index in [1.807, 2.05) is 0 Å². The summed E-state index contributed by atoms with van der Waals surface area (Å²) >= 11 is 5.81. The highest BCUT2D eigenvalue weighted by Crippen LogP contribution is 2.18. The van der Waals surface area contributed by atoms with E-state index >= 15 is 0 Å². The maximum Gasteiger partial charge on any atom is 0.340 e. The average Bonchev–Trinajstić information content (AvgIpc) is 2.67. The highest BCUT2D eigenvalue weighted by atomic mass is 35.5. The zero-order valence-electron chi connectivity index (χ0n) is 14.7. The topological polar surface area (TPSA) is 93.7 Å². The van der Waals surface area contributed by atoms with Crippen LogP contribution in [0.5, 0.6) is 0 Å². The summed E-state index contributed by atoms with van der Waals surface area (Å²) in [6.45, 7) is 0.252. The Bertz CT molecular complexity index is 808. The third-order valence-electron chi connectivity index (χ3n) is 3.46. The minimum Gasteiger partial charge on any atom is -0.452 e. The molecule has 0 saturated heterocycles. The molecule has 0 aromatic heterocycles. The molecule has 0 spiro atoms. The van der Waals surface area contributed by atoms with E-state index in [1.54, 1.807) is 42.5 Å². The lowest BCUT2D eigenvalue weighted by Crippen LogP contribution is -2.31. The molecule has 142 valence electrons. The van der Waals surface area contributed by atoms with Crippen LogP contribution in [-0.2, 0) is 14.3 Å². The summed E-state index contributed by atoms with van der Waals surface area (Å²) in [4.78, 5) is 36.2. The summed E-state index contributed by atoms with van der Waals surface area (Å²) in [7, 11) is 1.52. The fourth-order valence-corrected chi connectivity index (χ4v) is 2.24. The fraction of sp³-hybridized carbons (Fsp3) is 0.211. The van der Waals surface area contributed by atoms with Crippen LogP contribution in [0.2, 0.25) is 5.02 Å². The Morgan fingerprint density at radius 1 is 1.04 bits per heavy atom. The number of methoxy groups -OCH3 is 1. The molecule has 0 radical (unpaired) electrons. The summed E-state index contributed by atoms with van der Waals surface area (Å²) in [5.74, 6) is -1.56. The molecule has 2 amide bonds. The van der Waals surface area contributed by atoms with Crippen LogP contribution < -0.4 is 10.6 Å². The van der Waals surface area contributed by atoms with Gasteiger partial charge < -0.3 is 20.1 Å². The van der Waals surface area contributed by atoms with Crippen LogP contribution in [-0.4, -0.2) is 44.7 Å². The predicted molar refractivity (Wildman–Crippen MR) is 101 cm³/mol. The van der Waals surface area contributed by atoms with E-state index in [0.717, 1.165) is 0 Å². The van der Waals surface area contributed by atoms with Crippen molar-refractivity contribution in [3.8, 4) is 0 Å². The van der Waals surface area contributed by atoms with Crippen LogP contribution in [0.4, 0.5) is 5.69 Å². The molecule has 0 fully saturated rings. The Kier molecular flexibility index (Phi) is 7.79. The molecule has 8 heteroatoms. The van der Waals surface area contributed by atoms with Gasteiger partial charge in [-0.15, -0.1) is 0 Å². The van der Waals surface area contributed by atoms with Gasteiger partial charge in [0.05, 0.1) is 17.9 Å². The second kappa shape index (κ2) is 10.3. The first-order valence-electron chi connectivity index (χ1n) is 8.10. The van der Waals surface area contributed by atoms with Crippen LogP contribution in [0.25, 0.3) is 0 Å². The summed E-state index contributed by atoms with van der Waals surface area (Å²) in [6.07, 6.45) is 0. The monoisotopic (exact) mass is 390 g/mol. The van der Waals surface area contributed by atoms with Crippen LogP contribution in [0, 0.1) is 0 Å². The smallest absolute Gasteiger partial charge is 0.340 e. The van der Waals surface area contributed by atoms with Gasteiger partial charge in [-0.25, -0.2) is 4.79 Å². The molecule has 2 aromatic rings. The minimum absolute atomic E-state index is 0.143. The fourth-order valence-electron chi connectivity index (χ4n) is 2.12. The van der Waals surface area contributed by atoms with Gasteiger partial charge in [0.2, 0.25) is 0 Å². The number of amides is 2. The molecule has 7 nitrogen and oxygen atoms in total. The van der Waals surface area contributed by atoms with Crippen LogP contribution >= 0.6 is 11.6 Å². The van der Waals surface area contributed by atoms with Crippen molar-refractivity contribution in [2.24, 2.45) is 0 Å². The minimum atomic E-state index is -0.719. The Morgan fingerprint density at radius 3 is 2.44 bits per heavy atom. The third-order valence-corrected chi connectivity index (χ3v) is 3.72. The lowest BCUT2D eigenvalue weighted by atomic mass is 10.1. The van der Waals surface area contributed by atoms with E-state index in [1.165, 1.54) is 13.2 Å². The summed E-state index contributed by atoms with van der Waals surface area (Å²) in [5, 5.41) is 5.71. The van der Waals surface area contributed by atoms with Crippen molar-refractivity contribution in [2.75, 3.05) is 32.2 Å². The zero-order chi connectivity index (χ0) is 19.6. The number of halogens is 1. The summed E-state index contributed by atoms with van der Waals surface area (Å²) in [5.41, 5.74) is 0.812. The van der Waals surface area contributed by atoms with E-state index in [2.05, 4.69) is 10.6 Å². The standard InChI is InChI=1S/C19H19ClN2O5/c1-26-11-10-21-17(23)12-27-19(25)15-4-2-3-5-16(15)22-18(24)13-6-8-14(20)9-7-13/h2-9H,10-12H2,1H3,(H,21,23)(H,22,24). The molecule has 0 heterocycles. The molecule has 0 atom stereocenters. The van der Waals surface area contributed by atoms with Gasteiger partial charge in [-0.1, -0.05) is 23.7 Å². The van der Waals surface area contributed by atoms with E-state index < -0.39 is 24.4 Å². The maximum atomic E-state index is 12.3. The number of anilines is 1. The first-order chi connectivity index (χ1) is 13.0. The van der Waals surface area contributed by atoms with E-state index in [4.69, 9.17) is 21.1 Å². The predicted octanol–water partition coefficient (Wildman–Crippen LogP) is 2.51. The van der Waals surface area contributed by atoms with Gasteiger partial charge in [-0.3, -0.25) is 9.59 Å². The second-order valence-electron chi connectivity index (χ2n) is 5.43. The molecule has 2 rings (SSSR count). The van der Waals surface area contributed by atoms with Crippen LogP contribution in [0.15, 0.2) is 48.5 Å². The molecule has 27 heavy (non-hydrogen) atoms. The highest BCUT2D eigenvalue weighted by Gasteiger charge is 2.16. The molecule has 2 aromatic carbocycles. The van der Waals surface area contributed by atoms with E-state index in [0.29, 0.717) is 23.7 Å². The highest BCUT2D eigenvalue weighted by molar-refractivity contribution is 6.30. The van der Waals surface area contributed by atoms with Crippen molar-refractivity contribution in [1.29, 1.82) is 0 Å². The van der Waals surface area contributed by atoms with Crippen LogP contribution in [0.3, 0.4) is 0 Å². The van der Waals surface area contributed by atoms with Gasteiger partial charge in [0.25, 0.3) is 11.8 Å². The normalized spacial score (nSPS) is 10.1. The number of rotatable bonds is 8. The van der Waals surface area contributed by atoms with Gasteiger partial charge in [0.15, 0.2) is 6.61 Å². The third kappa shape index (κ3) is 6.40. The van der Waals surface area contributed by atoms with Gasteiger partial charge in [0.1, 0.15) is 0 Å². The summed E-state index contributed by atoms with van der Waals surface area (Å²) in [6, 6.07) is 12.7. The van der Waals surface area contributed by atoms with Crippen molar-refractivity contribution in [1.82, 2.24) is 5.32 Å². The Morgan fingerprint density at radius 2 is 1.74 bits per heavy atom. The average molecular weight is 391 g/mol. The molecular weight excluding hydrogens is 372 g/mol. The molecular formula is C19H19ClN2O5. The lowest BCUT2D eigenvalue weighted by Gasteiger charge is -2.11. The maximum absolute atomic E-state index is 12.3. The lowest BCUT2D eigenvalue weighted by molar-refractivity contribution is -0.124. The quantitative estimate of drug-likeness (QED) is 0.533. The number of nitrogens with one attached hydrogen (secondary N) is 2. The van der Waals surface area contributed by atoms with Gasteiger partial charge in [-0.2, -0.15) is 0 Å².